The fourth-order valence-corrected chi connectivity index (χ4v) is 3.38. The van der Waals surface area contributed by atoms with Gasteiger partial charge in [-0.05, 0) is 30.7 Å². The summed E-state index contributed by atoms with van der Waals surface area (Å²) in [5, 5.41) is 11.8. The van der Waals surface area contributed by atoms with Gasteiger partial charge in [0.15, 0.2) is 0 Å². The van der Waals surface area contributed by atoms with E-state index in [4.69, 9.17) is 21.1 Å². The minimum absolute atomic E-state index is 0.256. The number of hydrogen-bond acceptors (Lipinski definition) is 5. The molecule has 0 saturated carbocycles. The number of ether oxygens (including phenoxy) is 2. The number of halogens is 1. The third-order valence-corrected chi connectivity index (χ3v) is 4.53. The third kappa shape index (κ3) is 3.65. The molecule has 26 heavy (non-hydrogen) atoms. The Hall–Kier alpha value is -2.60. The molecule has 0 amide bonds. The minimum Gasteiger partial charge on any atom is -0.465 e. The van der Waals surface area contributed by atoms with Gasteiger partial charge in [0.25, 0.3) is 0 Å². The predicted octanol–water partition coefficient (Wildman–Crippen LogP) is 4.54. The molecule has 1 aliphatic heterocycles. The van der Waals surface area contributed by atoms with Crippen LogP contribution in [0, 0.1) is 10.1 Å². The van der Waals surface area contributed by atoms with Crippen LogP contribution in [0.4, 0.5) is 0 Å². The van der Waals surface area contributed by atoms with Crippen LogP contribution in [-0.2, 0) is 9.53 Å². The average molecular weight is 376 g/mol. The van der Waals surface area contributed by atoms with E-state index in [2.05, 4.69) is 0 Å². The highest BCUT2D eigenvalue weighted by Gasteiger charge is 2.41. The van der Waals surface area contributed by atoms with Crippen LogP contribution in [0.1, 0.15) is 36.3 Å². The van der Waals surface area contributed by atoms with Gasteiger partial charge in [0.2, 0.25) is 6.54 Å². The molecule has 0 spiro atoms. The minimum atomic E-state index is -0.845. The third-order valence-electron chi connectivity index (χ3n) is 4.30. The van der Waals surface area contributed by atoms with Crippen LogP contribution in [0.15, 0.2) is 42.5 Å². The molecule has 1 heterocycles. The number of rotatable bonds is 5. The van der Waals surface area contributed by atoms with Crippen molar-refractivity contribution in [2.75, 3.05) is 13.2 Å². The molecule has 6 nitrogen and oxygen atoms in total. The quantitative estimate of drug-likeness (QED) is 0.435. The lowest BCUT2D eigenvalue weighted by Crippen LogP contribution is -2.27. The van der Waals surface area contributed by atoms with Gasteiger partial charge < -0.3 is 9.47 Å². The Bertz CT molecular complexity index is 838. The number of hydrogen-bond donors (Lipinski definition) is 0. The highest BCUT2D eigenvalue weighted by molar-refractivity contribution is 6.30. The molecule has 7 heteroatoms. The zero-order valence-corrected chi connectivity index (χ0v) is 14.9. The van der Waals surface area contributed by atoms with Crippen LogP contribution in [0.25, 0.3) is 0 Å². The maximum atomic E-state index is 12.8. The standard InChI is InChI=1S/C19H18ClNO5/c1-2-9-25-19(22)18-13-5-3-4-6-16(13)26-17-8-7-12(20)10-14(17)15(18)11-21(23)24/h3-8,10,15,18H,2,9,11H2,1H3/t15-,18-/m0/s1. The van der Waals surface area contributed by atoms with Gasteiger partial charge in [0, 0.05) is 21.1 Å². The Morgan fingerprint density at radius 2 is 1.96 bits per heavy atom. The molecule has 0 aliphatic carbocycles. The van der Waals surface area contributed by atoms with Crippen molar-refractivity contribution < 1.29 is 19.2 Å². The zero-order valence-electron chi connectivity index (χ0n) is 14.2. The predicted molar refractivity (Wildman–Crippen MR) is 96.6 cm³/mol. The lowest BCUT2D eigenvalue weighted by molar-refractivity contribution is -0.483. The average Bonchev–Trinajstić information content (AvgIpc) is 2.74. The van der Waals surface area contributed by atoms with Crippen molar-refractivity contribution in [2.45, 2.75) is 25.2 Å². The summed E-state index contributed by atoms with van der Waals surface area (Å²) in [6.45, 7) is 1.71. The lowest BCUT2D eigenvalue weighted by atomic mass is 9.81. The summed E-state index contributed by atoms with van der Waals surface area (Å²) in [7, 11) is 0. The summed E-state index contributed by atoms with van der Waals surface area (Å²) in [6, 6.07) is 12.0. The van der Waals surface area contributed by atoms with E-state index in [1.54, 1.807) is 42.5 Å². The number of nitrogens with zero attached hydrogens (tertiary/aromatic N) is 1. The molecule has 0 saturated heterocycles. The maximum Gasteiger partial charge on any atom is 0.314 e. The van der Waals surface area contributed by atoms with Crippen molar-refractivity contribution in [3.8, 4) is 11.5 Å². The van der Waals surface area contributed by atoms with E-state index >= 15 is 0 Å². The van der Waals surface area contributed by atoms with E-state index in [9.17, 15) is 14.9 Å². The Morgan fingerprint density at radius 3 is 2.69 bits per heavy atom. The Labute approximate surface area is 155 Å². The summed E-state index contributed by atoms with van der Waals surface area (Å²) in [6.07, 6.45) is 0.666. The van der Waals surface area contributed by atoms with Crippen molar-refractivity contribution in [3.05, 3.63) is 68.7 Å². The maximum absolute atomic E-state index is 12.8. The van der Waals surface area contributed by atoms with Gasteiger partial charge in [0.05, 0.1) is 18.4 Å². The van der Waals surface area contributed by atoms with Crippen LogP contribution < -0.4 is 4.74 Å². The summed E-state index contributed by atoms with van der Waals surface area (Å²) in [4.78, 5) is 23.7. The molecule has 0 fully saturated rings. The first-order valence-electron chi connectivity index (χ1n) is 8.36. The van der Waals surface area contributed by atoms with Gasteiger partial charge in [-0.25, -0.2) is 0 Å². The molecule has 2 atom stereocenters. The number of nitro groups is 1. The first-order chi connectivity index (χ1) is 12.5. The number of carbonyl (C=O) groups is 1. The molecule has 3 rings (SSSR count). The van der Waals surface area contributed by atoms with Crippen LogP contribution in [0.5, 0.6) is 11.5 Å². The summed E-state index contributed by atoms with van der Waals surface area (Å²) in [5.74, 6) is -1.14. The number of benzene rings is 2. The highest BCUT2D eigenvalue weighted by atomic mass is 35.5. The van der Waals surface area contributed by atoms with Gasteiger partial charge >= 0.3 is 5.97 Å². The van der Waals surface area contributed by atoms with Crippen LogP contribution in [0.2, 0.25) is 5.02 Å². The number of carbonyl (C=O) groups excluding carboxylic acids is 1. The second-order valence-electron chi connectivity index (χ2n) is 6.09. The molecule has 2 aromatic carbocycles. The van der Waals surface area contributed by atoms with E-state index in [1.165, 1.54) is 0 Å². The van der Waals surface area contributed by atoms with Gasteiger partial charge in [-0.15, -0.1) is 0 Å². The van der Waals surface area contributed by atoms with E-state index in [1.807, 2.05) is 6.92 Å². The van der Waals surface area contributed by atoms with E-state index in [0.29, 0.717) is 34.1 Å². The molecule has 136 valence electrons. The molecule has 0 aromatic heterocycles. The van der Waals surface area contributed by atoms with Crippen molar-refractivity contribution in [1.82, 2.24) is 0 Å². The van der Waals surface area contributed by atoms with Crippen molar-refractivity contribution in [2.24, 2.45) is 0 Å². The van der Waals surface area contributed by atoms with Gasteiger partial charge in [0.1, 0.15) is 11.5 Å². The van der Waals surface area contributed by atoms with Crippen molar-refractivity contribution in [1.29, 1.82) is 0 Å². The summed E-state index contributed by atoms with van der Waals surface area (Å²) < 4.78 is 11.3. The van der Waals surface area contributed by atoms with E-state index in [-0.39, 0.29) is 6.61 Å². The first-order valence-corrected chi connectivity index (χ1v) is 8.73. The van der Waals surface area contributed by atoms with Gasteiger partial charge in [-0.3, -0.25) is 14.9 Å². The first kappa shape index (κ1) is 18.2. The largest absolute Gasteiger partial charge is 0.465 e. The summed E-state index contributed by atoms with van der Waals surface area (Å²) in [5.41, 5.74) is 1.11. The molecule has 0 unspecified atom stereocenters. The topological polar surface area (TPSA) is 78.7 Å². The molecule has 0 N–H and O–H groups in total. The number of para-hydroxylation sites is 1. The van der Waals surface area contributed by atoms with Crippen LogP contribution in [0.3, 0.4) is 0 Å². The molecule has 1 aliphatic rings. The number of fused-ring (bicyclic) bond motifs is 2. The fourth-order valence-electron chi connectivity index (χ4n) is 3.20. The SMILES string of the molecule is CCCOC(=O)[C@H]1c2ccccc2Oc2ccc(Cl)cc2[C@@H]1C[N+](=O)[O-]. The number of esters is 1. The Kier molecular flexibility index (Phi) is 5.42. The molecule has 0 bridgehead atoms. The molecular weight excluding hydrogens is 358 g/mol. The zero-order chi connectivity index (χ0) is 18.7. The highest BCUT2D eigenvalue weighted by Crippen LogP contribution is 2.47. The molecule has 0 radical (unpaired) electrons. The van der Waals surface area contributed by atoms with E-state index in [0.717, 1.165) is 0 Å². The van der Waals surface area contributed by atoms with E-state index < -0.39 is 29.3 Å². The lowest BCUT2D eigenvalue weighted by Gasteiger charge is -2.22. The fraction of sp³-hybridized carbons (Fsp3) is 0.316. The Balaban J connectivity index is 2.18. The van der Waals surface area contributed by atoms with Crippen molar-refractivity contribution in [3.63, 3.8) is 0 Å². The van der Waals surface area contributed by atoms with Gasteiger partial charge in [-0.1, -0.05) is 36.7 Å². The summed E-state index contributed by atoms with van der Waals surface area (Å²) >= 11 is 6.11. The normalized spacial score (nSPS) is 18.1. The molecular formula is C19H18ClNO5. The van der Waals surface area contributed by atoms with Crippen molar-refractivity contribution >= 4 is 17.6 Å². The van der Waals surface area contributed by atoms with Crippen LogP contribution >= 0.6 is 11.6 Å². The smallest absolute Gasteiger partial charge is 0.314 e. The van der Waals surface area contributed by atoms with Gasteiger partial charge in [-0.2, -0.15) is 0 Å². The second kappa shape index (κ2) is 7.74. The van der Waals surface area contributed by atoms with Crippen LogP contribution in [-0.4, -0.2) is 24.0 Å². The Morgan fingerprint density at radius 1 is 1.23 bits per heavy atom. The monoisotopic (exact) mass is 375 g/mol. The molecule has 2 aromatic rings. The second-order valence-corrected chi connectivity index (χ2v) is 6.53.